The molecule has 25 heavy (non-hydrogen) atoms. The third kappa shape index (κ3) is 3.91. The molecule has 1 heterocycles. The van der Waals surface area contributed by atoms with Crippen LogP contribution in [0.5, 0.6) is 0 Å². The van der Waals surface area contributed by atoms with E-state index in [9.17, 15) is 0 Å². The standard InChI is InChI=1S/C20H21N3O.ClH/c21-13-14-5-9-17(10-6-14)20-22-19(24-23-20)12-15-7-8-16-3-1-2-4-18(16)11-15;/h5-11H,1-4,12-13,21H2;1H. The molecule has 1 aliphatic carbocycles. The van der Waals surface area contributed by atoms with E-state index in [-0.39, 0.29) is 12.4 Å². The van der Waals surface area contributed by atoms with Gasteiger partial charge in [-0.3, -0.25) is 0 Å². The van der Waals surface area contributed by atoms with E-state index in [0.29, 0.717) is 24.7 Å². The normalized spacial score (nSPS) is 13.2. The molecule has 0 saturated heterocycles. The minimum atomic E-state index is 0. The number of hydrogen-bond donors (Lipinski definition) is 1. The van der Waals surface area contributed by atoms with Crippen LogP contribution in [0.3, 0.4) is 0 Å². The Morgan fingerprint density at radius 2 is 1.64 bits per heavy atom. The van der Waals surface area contributed by atoms with Gasteiger partial charge in [-0.1, -0.05) is 47.6 Å². The quantitative estimate of drug-likeness (QED) is 0.765. The van der Waals surface area contributed by atoms with Crippen molar-refractivity contribution >= 4 is 12.4 Å². The van der Waals surface area contributed by atoms with Gasteiger partial charge in [0.25, 0.3) is 0 Å². The van der Waals surface area contributed by atoms with Gasteiger partial charge in [-0.15, -0.1) is 12.4 Å². The number of rotatable bonds is 4. The molecule has 0 saturated carbocycles. The molecule has 0 amide bonds. The molecule has 5 heteroatoms. The predicted octanol–water partition coefficient (Wildman–Crippen LogP) is 4.09. The molecule has 0 bridgehead atoms. The van der Waals surface area contributed by atoms with Crippen LogP contribution < -0.4 is 5.73 Å². The average Bonchev–Trinajstić information content (AvgIpc) is 3.10. The highest BCUT2D eigenvalue weighted by atomic mass is 35.5. The van der Waals surface area contributed by atoms with Crippen molar-refractivity contribution in [3.05, 3.63) is 70.6 Å². The Labute approximate surface area is 153 Å². The van der Waals surface area contributed by atoms with E-state index in [4.69, 9.17) is 10.3 Å². The van der Waals surface area contributed by atoms with E-state index in [2.05, 4.69) is 28.3 Å². The van der Waals surface area contributed by atoms with Gasteiger partial charge in [0.15, 0.2) is 0 Å². The maximum absolute atomic E-state index is 5.63. The van der Waals surface area contributed by atoms with E-state index < -0.39 is 0 Å². The van der Waals surface area contributed by atoms with Gasteiger partial charge in [0.1, 0.15) is 0 Å². The van der Waals surface area contributed by atoms with Crippen molar-refractivity contribution in [1.29, 1.82) is 0 Å². The number of hydrogen-bond acceptors (Lipinski definition) is 4. The van der Waals surface area contributed by atoms with E-state index in [0.717, 1.165) is 11.1 Å². The highest BCUT2D eigenvalue weighted by Crippen LogP contribution is 2.24. The Morgan fingerprint density at radius 1 is 0.920 bits per heavy atom. The summed E-state index contributed by atoms with van der Waals surface area (Å²) in [5.74, 6) is 1.29. The number of fused-ring (bicyclic) bond motifs is 1. The minimum Gasteiger partial charge on any atom is -0.339 e. The van der Waals surface area contributed by atoms with Crippen molar-refractivity contribution in [3.63, 3.8) is 0 Å². The Hall–Kier alpha value is -2.17. The monoisotopic (exact) mass is 355 g/mol. The molecular weight excluding hydrogens is 334 g/mol. The Morgan fingerprint density at radius 3 is 2.40 bits per heavy atom. The van der Waals surface area contributed by atoms with Gasteiger partial charge in [0, 0.05) is 12.1 Å². The lowest BCUT2D eigenvalue weighted by atomic mass is 9.90. The number of nitrogens with zero attached hydrogens (tertiary/aromatic N) is 2. The van der Waals surface area contributed by atoms with Crippen molar-refractivity contribution in [2.45, 2.75) is 38.6 Å². The van der Waals surface area contributed by atoms with E-state index in [1.54, 1.807) is 0 Å². The maximum Gasteiger partial charge on any atom is 0.231 e. The lowest BCUT2D eigenvalue weighted by Crippen LogP contribution is -2.03. The molecule has 4 nitrogen and oxygen atoms in total. The zero-order chi connectivity index (χ0) is 16.4. The summed E-state index contributed by atoms with van der Waals surface area (Å²) in [5, 5.41) is 4.11. The smallest absolute Gasteiger partial charge is 0.231 e. The second kappa shape index (κ2) is 7.81. The van der Waals surface area contributed by atoms with E-state index in [1.165, 1.54) is 42.4 Å². The average molecular weight is 356 g/mol. The molecule has 3 aromatic rings. The summed E-state index contributed by atoms with van der Waals surface area (Å²) in [6, 6.07) is 14.7. The van der Waals surface area contributed by atoms with Crippen LogP contribution in [-0.4, -0.2) is 10.1 Å². The van der Waals surface area contributed by atoms with Crippen LogP contribution in [0.1, 0.15) is 41.0 Å². The van der Waals surface area contributed by atoms with Gasteiger partial charge < -0.3 is 10.3 Å². The summed E-state index contributed by atoms with van der Waals surface area (Å²) in [7, 11) is 0. The van der Waals surface area contributed by atoms with Crippen molar-refractivity contribution in [3.8, 4) is 11.4 Å². The van der Waals surface area contributed by atoms with Gasteiger partial charge in [-0.05, 0) is 47.9 Å². The van der Waals surface area contributed by atoms with Crippen molar-refractivity contribution in [1.82, 2.24) is 10.1 Å². The molecule has 0 aliphatic heterocycles. The maximum atomic E-state index is 5.63. The number of nitrogens with two attached hydrogens (primary N) is 1. The Bertz CT molecular complexity index is 842. The molecule has 0 radical (unpaired) electrons. The van der Waals surface area contributed by atoms with Gasteiger partial charge >= 0.3 is 0 Å². The van der Waals surface area contributed by atoms with Crippen LogP contribution in [0.15, 0.2) is 47.0 Å². The van der Waals surface area contributed by atoms with Crippen LogP contribution in [0.4, 0.5) is 0 Å². The number of benzene rings is 2. The summed E-state index contributed by atoms with van der Waals surface area (Å²) in [6.45, 7) is 0.538. The summed E-state index contributed by atoms with van der Waals surface area (Å²) >= 11 is 0. The van der Waals surface area contributed by atoms with Crippen LogP contribution in [0, 0.1) is 0 Å². The van der Waals surface area contributed by atoms with E-state index >= 15 is 0 Å². The Balaban J connectivity index is 0.00000182. The molecule has 0 spiro atoms. The second-order valence-corrected chi connectivity index (χ2v) is 6.40. The first-order valence-corrected chi connectivity index (χ1v) is 8.54. The van der Waals surface area contributed by atoms with Gasteiger partial charge in [0.2, 0.25) is 11.7 Å². The van der Waals surface area contributed by atoms with Crippen molar-refractivity contribution < 1.29 is 4.52 Å². The van der Waals surface area contributed by atoms with Crippen LogP contribution in [0.2, 0.25) is 0 Å². The molecule has 0 fully saturated rings. The van der Waals surface area contributed by atoms with Crippen molar-refractivity contribution in [2.75, 3.05) is 0 Å². The fourth-order valence-electron chi connectivity index (χ4n) is 3.31. The Kier molecular flexibility index (Phi) is 5.51. The third-order valence-corrected chi connectivity index (χ3v) is 4.68. The summed E-state index contributed by atoms with van der Waals surface area (Å²) in [4.78, 5) is 4.53. The van der Waals surface area contributed by atoms with Crippen LogP contribution in [-0.2, 0) is 25.8 Å². The highest BCUT2D eigenvalue weighted by molar-refractivity contribution is 5.85. The van der Waals surface area contributed by atoms with Crippen LogP contribution >= 0.6 is 12.4 Å². The summed E-state index contributed by atoms with van der Waals surface area (Å²) < 4.78 is 5.44. The zero-order valence-corrected chi connectivity index (χ0v) is 14.9. The fraction of sp³-hybridized carbons (Fsp3) is 0.300. The molecule has 2 N–H and O–H groups in total. The summed E-state index contributed by atoms with van der Waals surface area (Å²) in [5.41, 5.74) is 11.9. The molecule has 2 aromatic carbocycles. The first-order valence-electron chi connectivity index (χ1n) is 8.54. The van der Waals surface area contributed by atoms with E-state index in [1.807, 2.05) is 24.3 Å². The highest BCUT2D eigenvalue weighted by Gasteiger charge is 2.12. The number of halogens is 1. The second-order valence-electron chi connectivity index (χ2n) is 6.40. The van der Waals surface area contributed by atoms with Gasteiger partial charge in [-0.25, -0.2) is 0 Å². The SMILES string of the molecule is Cl.NCc1ccc(-c2noc(Cc3ccc4c(c3)CCCC4)n2)cc1. The predicted molar refractivity (Wildman–Crippen MR) is 101 cm³/mol. The molecule has 1 aromatic heterocycles. The van der Waals surface area contributed by atoms with Crippen LogP contribution in [0.25, 0.3) is 11.4 Å². The molecule has 1 aliphatic rings. The third-order valence-electron chi connectivity index (χ3n) is 4.68. The lowest BCUT2D eigenvalue weighted by Gasteiger charge is -2.16. The van der Waals surface area contributed by atoms with Crippen molar-refractivity contribution in [2.24, 2.45) is 5.73 Å². The fourth-order valence-corrected chi connectivity index (χ4v) is 3.31. The zero-order valence-electron chi connectivity index (χ0n) is 14.1. The summed E-state index contributed by atoms with van der Waals surface area (Å²) in [6.07, 6.45) is 5.67. The first kappa shape index (κ1) is 17.6. The molecule has 130 valence electrons. The number of aryl methyl sites for hydroxylation is 2. The molecule has 0 unspecified atom stereocenters. The molecule has 4 rings (SSSR count). The lowest BCUT2D eigenvalue weighted by molar-refractivity contribution is 0.385. The molecule has 0 atom stereocenters. The first-order chi connectivity index (χ1) is 11.8. The largest absolute Gasteiger partial charge is 0.339 e. The number of aromatic nitrogens is 2. The molecular formula is C20H22ClN3O. The van der Waals surface area contributed by atoms with Gasteiger partial charge in [-0.2, -0.15) is 4.98 Å². The minimum absolute atomic E-state index is 0. The van der Waals surface area contributed by atoms with Gasteiger partial charge in [0.05, 0.1) is 6.42 Å². The topological polar surface area (TPSA) is 64.9 Å².